The zero-order valence-electron chi connectivity index (χ0n) is 16.8. The minimum absolute atomic E-state index is 0.537. The van der Waals surface area contributed by atoms with Gasteiger partial charge in [0.25, 0.3) is 10.0 Å². The molecule has 2 amide bonds. The number of anilines is 1. The fourth-order valence-corrected chi connectivity index (χ4v) is 5.05. The van der Waals surface area contributed by atoms with Gasteiger partial charge < -0.3 is 9.88 Å². The summed E-state index contributed by atoms with van der Waals surface area (Å²) in [4.78, 5) is 16.8. The molecule has 1 heterocycles. The van der Waals surface area contributed by atoms with Gasteiger partial charge in [0.05, 0.1) is 11.1 Å². The second-order valence-electron chi connectivity index (χ2n) is 7.66. The highest BCUT2D eigenvalue weighted by Crippen LogP contribution is 2.38. The first kappa shape index (κ1) is 19.7. The zero-order valence-corrected chi connectivity index (χ0v) is 17.6. The van der Waals surface area contributed by atoms with Crippen LogP contribution in [0.25, 0.3) is 6.08 Å². The molecular weight excluding hydrogens is 388 g/mol. The van der Waals surface area contributed by atoms with E-state index in [2.05, 4.69) is 21.1 Å². The third kappa shape index (κ3) is 4.07. The molecule has 0 unspecified atom stereocenters. The number of sulfonamides is 1. The molecule has 0 atom stereocenters. The van der Waals surface area contributed by atoms with Gasteiger partial charge in [-0.25, -0.2) is 22.9 Å². The number of carbonyl (C=O) groups excluding carboxylic acids is 1. The second-order valence-corrected chi connectivity index (χ2v) is 9.23. The number of aromatic nitrogens is 2. The lowest BCUT2D eigenvalue weighted by Crippen LogP contribution is -2.33. The van der Waals surface area contributed by atoms with Crippen LogP contribution in [0.4, 0.5) is 10.5 Å². The first-order valence-electron chi connectivity index (χ1n) is 10.1. The van der Waals surface area contributed by atoms with Gasteiger partial charge in [-0.3, -0.25) is 0 Å². The van der Waals surface area contributed by atoms with E-state index >= 15 is 0 Å². The molecule has 2 aliphatic carbocycles. The van der Waals surface area contributed by atoms with E-state index in [1.165, 1.54) is 17.2 Å². The quantitative estimate of drug-likeness (QED) is 0.785. The van der Waals surface area contributed by atoms with Crippen LogP contribution in [0.15, 0.2) is 17.7 Å². The molecule has 1 aromatic carbocycles. The van der Waals surface area contributed by atoms with Gasteiger partial charge in [-0.05, 0) is 80.7 Å². The minimum Gasteiger partial charge on any atom is -0.331 e. The first-order valence-corrected chi connectivity index (χ1v) is 11.6. The Kier molecular flexibility index (Phi) is 5.21. The molecule has 2 aliphatic rings. The number of carbonyl (C=O) groups is 1. The summed E-state index contributed by atoms with van der Waals surface area (Å²) >= 11 is 0. The van der Waals surface area contributed by atoms with Crippen molar-refractivity contribution in [3.05, 3.63) is 51.4 Å². The smallest absolute Gasteiger partial charge is 0.331 e. The number of nitrogens with one attached hydrogen (secondary N) is 2. The van der Waals surface area contributed by atoms with Crippen molar-refractivity contribution >= 4 is 27.8 Å². The Hall–Kier alpha value is -2.61. The largest absolute Gasteiger partial charge is 0.333 e. The highest BCUT2D eigenvalue weighted by atomic mass is 32.2. The first-order chi connectivity index (χ1) is 13.9. The van der Waals surface area contributed by atoms with Gasteiger partial charge in [-0.1, -0.05) is 6.07 Å². The number of aryl methyl sites for hydroxylation is 4. The molecule has 7 nitrogen and oxygen atoms in total. The van der Waals surface area contributed by atoms with Crippen molar-refractivity contribution in [1.82, 2.24) is 14.3 Å². The van der Waals surface area contributed by atoms with Crippen LogP contribution in [0, 0.1) is 6.92 Å². The summed E-state index contributed by atoms with van der Waals surface area (Å²) in [6.45, 7) is 4.48. The SMILES string of the molecule is CCn1cc(C)nc1C=CS(=O)(=O)NC(=O)Nc1c2c(cc3c1CCC3)CCC2. The number of hydrogen-bond donors (Lipinski definition) is 2. The Bertz CT molecular complexity index is 1070. The standard InChI is InChI=1S/C21H26N4O3S/c1-3-25-13-14(2)22-19(25)10-11-29(27,28)24-21(26)23-20-17-8-4-6-15(17)12-16-7-5-9-18(16)20/h10-13H,3-9H2,1-2H3,(H2,23,24,26). The maximum Gasteiger partial charge on any atom is 0.333 e. The molecule has 0 aliphatic heterocycles. The number of fused-ring (bicyclic) bond motifs is 2. The van der Waals surface area contributed by atoms with Crippen molar-refractivity contribution in [2.24, 2.45) is 0 Å². The molecule has 8 heteroatoms. The summed E-state index contributed by atoms with van der Waals surface area (Å²) in [6, 6.07) is 1.55. The van der Waals surface area contributed by atoms with Gasteiger partial charge >= 0.3 is 6.03 Å². The molecular formula is C21H26N4O3S. The van der Waals surface area contributed by atoms with E-state index in [9.17, 15) is 13.2 Å². The van der Waals surface area contributed by atoms with E-state index in [-0.39, 0.29) is 0 Å². The molecule has 0 spiro atoms. The fraction of sp³-hybridized carbons (Fsp3) is 0.429. The summed E-state index contributed by atoms with van der Waals surface area (Å²) in [5, 5.41) is 3.83. The number of rotatable bonds is 5. The number of nitrogens with zero attached hydrogens (tertiary/aromatic N) is 2. The number of benzene rings is 1. The zero-order chi connectivity index (χ0) is 20.6. The number of urea groups is 1. The molecule has 0 radical (unpaired) electrons. The topological polar surface area (TPSA) is 93.1 Å². The number of amides is 2. The maximum absolute atomic E-state index is 12.5. The number of imidazole rings is 1. The molecule has 29 heavy (non-hydrogen) atoms. The Labute approximate surface area is 171 Å². The van der Waals surface area contributed by atoms with Gasteiger partial charge in [0.15, 0.2) is 0 Å². The van der Waals surface area contributed by atoms with Crippen molar-refractivity contribution in [1.29, 1.82) is 0 Å². The van der Waals surface area contributed by atoms with Gasteiger partial charge in [0.2, 0.25) is 0 Å². The van der Waals surface area contributed by atoms with Crippen molar-refractivity contribution in [3.8, 4) is 0 Å². The van der Waals surface area contributed by atoms with Crippen LogP contribution >= 0.6 is 0 Å². The lowest BCUT2D eigenvalue weighted by molar-refractivity contribution is 0.256. The Morgan fingerprint density at radius 3 is 2.45 bits per heavy atom. The van der Waals surface area contributed by atoms with E-state index < -0.39 is 16.1 Å². The summed E-state index contributed by atoms with van der Waals surface area (Å²) in [5.74, 6) is 0.537. The summed E-state index contributed by atoms with van der Waals surface area (Å²) in [5.41, 5.74) is 6.52. The van der Waals surface area contributed by atoms with E-state index in [0.717, 1.165) is 66.4 Å². The lowest BCUT2D eigenvalue weighted by Gasteiger charge is -2.16. The van der Waals surface area contributed by atoms with Gasteiger partial charge in [0, 0.05) is 18.4 Å². The monoisotopic (exact) mass is 414 g/mol. The van der Waals surface area contributed by atoms with Crippen molar-refractivity contribution in [2.75, 3.05) is 5.32 Å². The predicted molar refractivity (Wildman–Crippen MR) is 113 cm³/mol. The third-order valence-electron chi connectivity index (χ3n) is 5.61. The van der Waals surface area contributed by atoms with E-state index in [1.807, 2.05) is 24.6 Å². The van der Waals surface area contributed by atoms with Crippen LogP contribution in [-0.2, 0) is 42.3 Å². The average molecular weight is 415 g/mol. The van der Waals surface area contributed by atoms with E-state index in [0.29, 0.717) is 12.4 Å². The molecule has 0 bridgehead atoms. The molecule has 154 valence electrons. The van der Waals surface area contributed by atoms with Crippen molar-refractivity contribution in [2.45, 2.75) is 58.9 Å². The van der Waals surface area contributed by atoms with Gasteiger partial charge in [-0.2, -0.15) is 0 Å². The summed E-state index contributed by atoms with van der Waals surface area (Å²) < 4.78 is 28.7. The van der Waals surface area contributed by atoms with Crippen LogP contribution in [0.2, 0.25) is 0 Å². The highest BCUT2D eigenvalue weighted by molar-refractivity contribution is 7.93. The Morgan fingerprint density at radius 2 is 1.83 bits per heavy atom. The molecule has 2 aromatic rings. The second kappa shape index (κ2) is 7.67. The highest BCUT2D eigenvalue weighted by Gasteiger charge is 2.25. The van der Waals surface area contributed by atoms with E-state index in [4.69, 9.17) is 0 Å². The summed E-state index contributed by atoms with van der Waals surface area (Å²) in [6.07, 6.45) is 9.27. The normalized spacial score (nSPS) is 15.5. The third-order valence-corrected chi connectivity index (χ3v) is 6.58. The van der Waals surface area contributed by atoms with E-state index in [1.54, 1.807) is 0 Å². The average Bonchev–Trinajstić information content (AvgIpc) is 3.38. The lowest BCUT2D eigenvalue weighted by atomic mass is 9.99. The molecule has 2 N–H and O–H groups in total. The Morgan fingerprint density at radius 1 is 1.17 bits per heavy atom. The molecule has 1 aromatic heterocycles. The van der Waals surface area contributed by atoms with Crippen LogP contribution in [0.3, 0.4) is 0 Å². The van der Waals surface area contributed by atoms with Gasteiger partial charge in [0.1, 0.15) is 5.82 Å². The molecule has 0 fully saturated rings. The molecule has 4 rings (SSSR count). The molecule has 0 saturated heterocycles. The van der Waals surface area contributed by atoms with Crippen molar-refractivity contribution < 1.29 is 13.2 Å². The van der Waals surface area contributed by atoms with Crippen LogP contribution in [0.5, 0.6) is 0 Å². The van der Waals surface area contributed by atoms with Gasteiger partial charge in [-0.15, -0.1) is 0 Å². The summed E-state index contributed by atoms with van der Waals surface area (Å²) in [7, 11) is -3.94. The van der Waals surface area contributed by atoms with Crippen LogP contribution in [0.1, 0.15) is 53.5 Å². The van der Waals surface area contributed by atoms with Crippen LogP contribution < -0.4 is 10.0 Å². The molecule has 0 saturated carbocycles. The van der Waals surface area contributed by atoms with Crippen molar-refractivity contribution in [3.63, 3.8) is 0 Å². The number of hydrogen-bond acceptors (Lipinski definition) is 4. The fourth-order valence-electron chi connectivity index (χ4n) is 4.37. The maximum atomic E-state index is 12.5. The minimum atomic E-state index is -3.94. The van der Waals surface area contributed by atoms with Crippen LogP contribution in [-0.4, -0.2) is 24.0 Å². The Balaban J connectivity index is 1.51. The predicted octanol–water partition coefficient (Wildman–Crippen LogP) is 3.31.